The van der Waals surface area contributed by atoms with Crippen molar-refractivity contribution >= 4 is 11.8 Å². The molecular weight excluding hydrogens is 264 g/mol. The van der Waals surface area contributed by atoms with E-state index >= 15 is 0 Å². The van der Waals surface area contributed by atoms with Crippen LogP contribution in [0.1, 0.15) is 26.3 Å². The number of hydrogen-bond donors (Lipinski definition) is 1. The standard InChI is InChI=1S/C17H20N2O2/c1-12-14(13-8-6-5-7-9-13)10-18-11-15(12)19-16(20)21-17(2,3)4/h5-11H,1-4H3,(H,19,20). The minimum atomic E-state index is -0.525. The Morgan fingerprint density at radius 1 is 1.14 bits per heavy atom. The smallest absolute Gasteiger partial charge is 0.412 e. The van der Waals surface area contributed by atoms with Crippen molar-refractivity contribution in [2.75, 3.05) is 5.32 Å². The third kappa shape index (κ3) is 4.05. The Kier molecular flexibility index (Phi) is 4.26. The van der Waals surface area contributed by atoms with E-state index in [0.29, 0.717) is 5.69 Å². The van der Waals surface area contributed by atoms with Crippen molar-refractivity contribution in [3.8, 4) is 11.1 Å². The highest BCUT2D eigenvalue weighted by Crippen LogP contribution is 2.27. The van der Waals surface area contributed by atoms with Crippen LogP contribution in [0.2, 0.25) is 0 Å². The van der Waals surface area contributed by atoms with Gasteiger partial charge in [-0.2, -0.15) is 0 Å². The topological polar surface area (TPSA) is 51.2 Å². The summed E-state index contributed by atoms with van der Waals surface area (Å²) in [6.45, 7) is 7.45. The monoisotopic (exact) mass is 284 g/mol. The molecule has 4 heteroatoms. The van der Waals surface area contributed by atoms with Gasteiger partial charge in [0.05, 0.1) is 11.9 Å². The molecule has 1 aromatic heterocycles. The molecule has 2 aromatic rings. The van der Waals surface area contributed by atoms with E-state index in [4.69, 9.17) is 4.74 Å². The molecule has 21 heavy (non-hydrogen) atoms. The Bertz CT molecular complexity index is 631. The molecule has 4 nitrogen and oxygen atoms in total. The van der Waals surface area contributed by atoms with Gasteiger partial charge < -0.3 is 4.74 Å². The molecule has 0 aliphatic carbocycles. The van der Waals surface area contributed by atoms with Crippen LogP contribution in [0, 0.1) is 6.92 Å². The maximum atomic E-state index is 11.9. The molecule has 1 amide bonds. The number of aromatic nitrogens is 1. The lowest BCUT2D eigenvalue weighted by Crippen LogP contribution is -2.27. The van der Waals surface area contributed by atoms with Crippen molar-refractivity contribution in [2.45, 2.75) is 33.3 Å². The van der Waals surface area contributed by atoms with Crippen LogP contribution in [0.25, 0.3) is 11.1 Å². The van der Waals surface area contributed by atoms with E-state index in [1.807, 2.05) is 58.0 Å². The fraction of sp³-hybridized carbons (Fsp3) is 0.294. The number of anilines is 1. The highest BCUT2D eigenvalue weighted by atomic mass is 16.6. The van der Waals surface area contributed by atoms with Crippen LogP contribution in [0.15, 0.2) is 42.7 Å². The average Bonchev–Trinajstić information content (AvgIpc) is 2.40. The lowest BCUT2D eigenvalue weighted by Gasteiger charge is -2.20. The first-order valence-electron chi connectivity index (χ1n) is 6.87. The maximum absolute atomic E-state index is 11.9. The summed E-state index contributed by atoms with van der Waals surface area (Å²) < 4.78 is 5.26. The van der Waals surface area contributed by atoms with Gasteiger partial charge in [0, 0.05) is 11.8 Å². The molecule has 0 radical (unpaired) electrons. The highest BCUT2D eigenvalue weighted by molar-refractivity contribution is 5.87. The van der Waals surface area contributed by atoms with Crippen LogP contribution in [0.5, 0.6) is 0 Å². The predicted octanol–water partition coefficient (Wildman–Crippen LogP) is 4.40. The zero-order valence-electron chi connectivity index (χ0n) is 12.8. The second-order valence-corrected chi connectivity index (χ2v) is 5.85. The SMILES string of the molecule is Cc1c(NC(=O)OC(C)(C)C)cncc1-c1ccccc1. The zero-order chi connectivity index (χ0) is 15.5. The minimum Gasteiger partial charge on any atom is -0.444 e. The van der Waals surface area contributed by atoms with Gasteiger partial charge in [-0.05, 0) is 38.8 Å². The molecule has 0 bridgehead atoms. The molecule has 0 aliphatic heterocycles. The number of hydrogen-bond acceptors (Lipinski definition) is 3. The third-order valence-electron chi connectivity index (χ3n) is 2.94. The molecule has 1 N–H and O–H groups in total. The van der Waals surface area contributed by atoms with E-state index in [-0.39, 0.29) is 0 Å². The van der Waals surface area contributed by atoms with Gasteiger partial charge in [0.2, 0.25) is 0 Å². The van der Waals surface area contributed by atoms with Crippen LogP contribution in [-0.2, 0) is 4.74 Å². The first-order chi connectivity index (χ1) is 9.87. The van der Waals surface area contributed by atoms with Crippen LogP contribution >= 0.6 is 0 Å². The van der Waals surface area contributed by atoms with E-state index < -0.39 is 11.7 Å². The molecule has 0 saturated carbocycles. The summed E-state index contributed by atoms with van der Waals surface area (Å²) in [4.78, 5) is 16.1. The Balaban J connectivity index is 2.25. The molecule has 110 valence electrons. The zero-order valence-corrected chi connectivity index (χ0v) is 12.8. The second kappa shape index (κ2) is 5.95. The number of ether oxygens (including phenoxy) is 1. The first-order valence-corrected chi connectivity index (χ1v) is 6.87. The second-order valence-electron chi connectivity index (χ2n) is 5.85. The molecule has 0 atom stereocenters. The summed E-state index contributed by atoms with van der Waals surface area (Å²) in [5, 5.41) is 2.75. The molecule has 1 aromatic carbocycles. The van der Waals surface area contributed by atoms with Crippen LogP contribution in [-0.4, -0.2) is 16.7 Å². The van der Waals surface area contributed by atoms with Crippen LogP contribution in [0.3, 0.4) is 0 Å². The Labute approximate surface area is 125 Å². The summed E-state index contributed by atoms with van der Waals surface area (Å²) in [7, 11) is 0. The number of rotatable bonds is 2. The summed E-state index contributed by atoms with van der Waals surface area (Å²) >= 11 is 0. The fourth-order valence-corrected chi connectivity index (χ4v) is 1.97. The number of nitrogens with one attached hydrogen (secondary N) is 1. The van der Waals surface area contributed by atoms with Crippen molar-refractivity contribution in [3.63, 3.8) is 0 Å². The van der Waals surface area contributed by atoms with Crippen LogP contribution < -0.4 is 5.32 Å². The number of nitrogens with zero attached hydrogens (tertiary/aromatic N) is 1. The average molecular weight is 284 g/mol. The summed E-state index contributed by atoms with van der Waals surface area (Å²) in [5.41, 5.74) is 3.15. The Morgan fingerprint density at radius 2 is 1.81 bits per heavy atom. The van der Waals surface area contributed by atoms with E-state index in [1.54, 1.807) is 12.4 Å². The van der Waals surface area contributed by atoms with Gasteiger partial charge in [0.25, 0.3) is 0 Å². The largest absolute Gasteiger partial charge is 0.444 e. The van der Waals surface area contributed by atoms with E-state index in [2.05, 4.69) is 10.3 Å². The lowest BCUT2D eigenvalue weighted by molar-refractivity contribution is 0.0636. The van der Waals surface area contributed by atoms with E-state index in [0.717, 1.165) is 16.7 Å². The maximum Gasteiger partial charge on any atom is 0.412 e. The summed E-state index contributed by atoms with van der Waals surface area (Å²) in [6.07, 6.45) is 2.95. The Morgan fingerprint density at radius 3 is 2.43 bits per heavy atom. The van der Waals surface area contributed by atoms with Crippen molar-refractivity contribution in [1.29, 1.82) is 0 Å². The molecule has 1 heterocycles. The molecule has 0 aliphatic rings. The Hall–Kier alpha value is -2.36. The highest BCUT2D eigenvalue weighted by Gasteiger charge is 2.17. The number of benzene rings is 1. The number of pyridine rings is 1. The fourth-order valence-electron chi connectivity index (χ4n) is 1.97. The van der Waals surface area contributed by atoms with Crippen molar-refractivity contribution in [3.05, 3.63) is 48.3 Å². The lowest BCUT2D eigenvalue weighted by atomic mass is 10.0. The molecule has 0 unspecified atom stereocenters. The quantitative estimate of drug-likeness (QED) is 0.889. The third-order valence-corrected chi connectivity index (χ3v) is 2.94. The molecule has 0 saturated heterocycles. The molecule has 2 rings (SSSR count). The van der Waals surface area contributed by atoms with Gasteiger partial charge >= 0.3 is 6.09 Å². The number of carbonyl (C=O) groups excluding carboxylic acids is 1. The van der Waals surface area contributed by atoms with Crippen molar-refractivity contribution in [2.24, 2.45) is 0 Å². The first kappa shape index (κ1) is 15.0. The normalized spacial score (nSPS) is 11.0. The van der Waals surface area contributed by atoms with Crippen LogP contribution in [0.4, 0.5) is 10.5 Å². The van der Waals surface area contributed by atoms with E-state index in [1.165, 1.54) is 0 Å². The van der Waals surface area contributed by atoms with Gasteiger partial charge in [-0.25, -0.2) is 4.79 Å². The van der Waals surface area contributed by atoms with Gasteiger partial charge in [-0.3, -0.25) is 10.3 Å². The van der Waals surface area contributed by atoms with Gasteiger partial charge in [0.15, 0.2) is 0 Å². The summed E-state index contributed by atoms with van der Waals surface area (Å²) in [6, 6.07) is 9.95. The van der Waals surface area contributed by atoms with Gasteiger partial charge in [-0.1, -0.05) is 30.3 Å². The number of carbonyl (C=O) groups is 1. The molecular formula is C17H20N2O2. The van der Waals surface area contributed by atoms with Gasteiger partial charge in [0.1, 0.15) is 5.60 Å². The van der Waals surface area contributed by atoms with Gasteiger partial charge in [-0.15, -0.1) is 0 Å². The van der Waals surface area contributed by atoms with Crippen molar-refractivity contribution < 1.29 is 9.53 Å². The number of amides is 1. The molecule has 0 fully saturated rings. The molecule has 0 spiro atoms. The summed E-state index contributed by atoms with van der Waals surface area (Å²) in [5.74, 6) is 0. The van der Waals surface area contributed by atoms with E-state index in [9.17, 15) is 4.79 Å². The van der Waals surface area contributed by atoms with Crippen molar-refractivity contribution in [1.82, 2.24) is 4.98 Å². The predicted molar refractivity (Wildman–Crippen MR) is 84.3 cm³/mol. The minimum absolute atomic E-state index is 0.474.